The summed E-state index contributed by atoms with van der Waals surface area (Å²) in [5.41, 5.74) is 5.23. The SMILES string of the molecule is Cc1cc(C)c2cc3n(c2c1)CCN(CCC(=O)O)C3. The lowest BCUT2D eigenvalue weighted by Gasteiger charge is -2.28. The van der Waals surface area contributed by atoms with Crippen molar-refractivity contribution in [3.63, 3.8) is 0 Å². The zero-order valence-corrected chi connectivity index (χ0v) is 12.0. The van der Waals surface area contributed by atoms with Crippen LogP contribution in [0.3, 0.4) is 0 Å². The molecule has 0 spiro atoms. The van der Waals surface area contributed by atoms with Crippen LogP contribution in [0.25, 0.3) is 10.9 Å². The molecule has 1 aliphatic rings. The summed E-state index contributed by atoms with van der Waals surface area (Å²) in [6, 6.07) is 6.73. The number of aliphatic carboxylic acids is 1. The highest BCUT2D eigenvalue weighted by Gasteiger charge is 2.19. The molecule has 0 unspecified atom stereocenters. The van der Waals surface area contributed by atoms with Gasteiger partial charge in [-0.2, -0.15) is 0 Å². The van der Waals surface area contributed by atoms with E-state index in [2.05, 4.69) is 41.5 Å². The molecule has 0 radical (unpaired) electrons. The van der Waals surface area contributed by atoms with Gasteiger partial charge in [-0.25, -0.2) is 0 Å². The number of rotatable bonds is 3. The van der Waals surface area contributed by atoms with Crippen LogP contribution in [0, 0.1) is 13.8 Å². The van der Waals surface area contributed by atoms with E-state index in [0.717, 1.165) is 19.6 Å². The maximum atomic E-state index is 10.7. The first kappa shape index (κ1) is 13.2. The molecule has 106 valence electrons. The molecule has 1 aliphatic heterocycles. The van der Waals surface area contributed by atoms with Crippen LogP contribution in [0.1, 0.15) is 23.2 Å². The van der Waals surface area contributed by atoms with Crippen LogP contribution in [0.5, 0.6) is 0 Å². The zero-order valence-electron chi connectivity index (χ0n) is 12.0. The molecule has 3 rings (SSSR count). The molecule has 0 amide bonds. The van der Waals surface area contributed by atoms with E-state index >= 15 is 0 Å². The topological polar surface area (TPSA) is 45.5 Å². The van der Waals surface area contributed by atoms with Gasteiger partial charge >= 0.3 is 5.97 Å². The fourth-order valence-electron chi connectivity index (χ4n) is 3.16. The number of hydrogen-bond acceptors (Lipinski definition) is 2. The van der Waals surface area contributed by atoms with E-state index in [1.165, 1.54) is 27.7 Å². The summed E-state index contributed by atoms with van der Waals surface area (Å²) in [5.74, 6) is -0.720. The Hall–Kier alpha value is -1.81. The van der Waals surface area contributed by atoms with Crippen LogP contribution >= 0.6 is 0 Å². The first-order valence-corrected chi connectivity index (χ1v) is 7.08. The van der Waals surface area contributed by atoms with Crippen LogP contribution < -0.4 is 0 Å². The van der Waals surface area contributed by atoms with Gasteiger partial charge in [0.05, 0.1) is 6.42 Å². The predicted octanol–water partition coefficient (Wildman–Crippen LogP) is 2.55. The second kappa shape index (κ2) is 4.94. The maximum Gasteiger partial charge on any atom is 0.304 e. The average Bonchev–Trinajstić information content (AvgIpc) is 2.75. The summed E-state index contributed by atoms with van der Waals surface area (Å²) >= 11 is 0. The van der Waals surface area contributed by atoms with Gasteiger partial charge in [0.2, 0.25) is 0 Å². The highest BCUT2D eigenvalue weighted by Crippen LogP contribution is 2.27. The molecule has 1 aromatic heterocycles. The van der Waals surface area contributed by atoms with Gasteiger partial charge in [0.1, 0.15) is 0 Å². The van der Waals surface area contributed by atoms with Gasteiger partial charge < -0.3 is 9.67 Å². The van der Waals surface area contributed by atoms with E-state index in [4.69, 9.17) is 5.11 Å². The summed E-state index contributed by atoms with van der Waals surface area (Å²) in [5, 5.41) is 10.1. The molecule has 0 fully saturated rings. The molecule has 0 atom stereocenters. The van der Waals surface area contributed by atoms with Crippen molar-refractivity contribution in [3.8, 4) is 0 Å². The molecule has 1 N–H and O–H groups in total. The third-order valence-corrected chi connectivity index (χ3v) is 4.13. The Labute approximate surface area is 118 Å². The number of carboxylic acid groups (broad SMARTS) is 1. The molecular formula is C16H20N2O2. The van der Waals surface area contributed by atoms with Gasteiger partial charge in [0.25, 0.3) is 0 Å². The van der Waals surface area contributed by atoms with E-state index in [0.29, 0.717) is 6.54 Å². The summed E-state index contributed by atoms with van der Waals surface area (Å²) < 4.78 is 2.38. The van der Waals surface area contributed by atoms with E-state index < -0.39 is 5.97 Å². The Kier molecular flexibility index (Phi) is 3.26. The molecule has 2 heterocycles. The molecule has 1 aromatic carbocycles. The lowest BCUT2D eigenvalue weighted by atomic mass is 10.1. The Morgan fingerprint density at radius 2 is 2.05 bits per heavy atom. The second-order valence-electron chi connectivity index (χ2n) is 5.72. The molecule has 0 bridgehead atoms. The number of benzene rings is 1. The monoisotopic (exact) mass is 272 g/mol. The van der Waals surface area contributed by atoms with Crippen molar-refractivity contribution < 1.29 is 9.90 Å². The molecule has 4 nitrogen and oxygen atoms in total. The summed E-state index contributed by atoms with van der Waals surface area (Å²) in [4.78, 5) is 12.9. The number of hydrogen-bond donors (Lipinski definition) is 1. The Balaban J connectivity index is 1.91. The summed E-state index contributed by atoms with van der Waals surface area (Å²) in [7, 11) is 0. The molecule has 20 heavy (non-hydrogen) atoms. The van der Waals surface area contributed by atoms with Crippen LogP contribution in [0.2, 0.25) is 0 Å². The van der Waals surface area contributed by atoms with Crippen LogP contribution in [-0.2, 0) is 17.9 Å². The van der Waals surface area contributed by atoms with E-state index in [1.807, 2.05) is 0 Å². The highest BCUT2D eigenvalue weighted by atomic mass is 16.4. The molecule has 2 aromatic rings. The fraction of sp³-hybridized carbons (Fsp3) is 0.438. The Morgan fingerprint density at radius 3 is 2.80 bits per heavy atom. The van der Waals surface area contributed by atoms with Crippen LogP contribution in [-0.4, -0.2) is 33.6 Å². The molecular weight excluding hydrogens is 252 g/mol. The smallest absolute Gasteiger partial charge is 0.304 e. The Morgan fingerprint density at radius 1 is 1.25 bits per heavy atom. The molecule has 0 saturated carbocycles. The summed E-state index contributed by atoms with van der Waals surface area (Å²) in [6.45, 7) is 7.64. The van der Waals surface area contributed by atoms with E-state index in [1.54, 1.807) is 0 Å². The standard InChI is InChI=1S/C16H20N2O2/c1-11-7-12(2)14-9-13-10-17(4-3-16(19)20)5-6-18(13)15(14)8-11/h7-9H,3-6,10H2,1-2H3,(H,19,20). The van der Waals surface area contributed by atoms with Crippen molar-refractivity contribution in [2.75, 3.05) is 13.1 Å². The predicted molar refractivity (Wildman–Crippen MR) is 78.9 cm³/mol. The van der Waals surface area contributed by atoms with Gasteiger partial charge in [-0.3, -0.25) is 9.69 Å². The van der Waals surface area contributed by atoms with Crippen LogP contribution in [0.15, 0.2) is 18.2 Å². The minimum Gasteiger partial charge on any atom is -0.481 e. The third kappa shape index (κ3) is 2.31. The lowest BCUT2D eigenvalue weighted by Crippen LogP contribution is -2.34. The number of carboxylic acids is 1. The molecule has 4 heteroatoms. The minimum atomic E-state index is -0.720. The molecule has 0 saturated heterocycles. The number of aromatic nitrogens is 1. The summed E-state index contributed by atoms with van der Waals surface area (Å²) in [6.07, 6.45) is 0.221. The maximum absolute atomic E-state index is 10.7. The number of fused-ring (bicyclic) bond motifs is 3. The van der Waals surface area contributed by atoms with Crippen molar-refractivity contribution in [1.29, 1.82) is 0 Å². The van der Waals surface area contributed by atoms with Crippen molar-refractivity contribution in [2.45, 2.75) is 33.4 Å². The second-order valence-corrected chi connectivity index (χ2v) is 5.72. The fourth-order valence-corrected chi connectivity index (χ4v) is 3.16. The highest BCUT2D eigenvalue weighted by molar-refractivity contribution is 5.85. The minimum absolute atomic E-state index is 0.221. The normalized spacial score (nSPS) is 15.5. The van der Waals surface area contributed by atoms with Crippen molar-refractivity contribution in [2.24, 2.45) is 0 Å². The largest absolute Gasteiger partial charge is 0.481 e. The first-order valence-electron chi connectivity index (χ1n) is 7.08. The number of aryl methyl sites for hydroxylation is 2. The van der Waals surface area contributed by atoms with Gasteiger partial charge in [0, 0.05) is 42.8 Å². The first-order chi connectivity index (χ1) is 9.54. The van der Waals surface area contributed by atoms with Crippen molar-refractivity contribution in [1.82, 2.24) is 9.47 Å². The zero-order chi connectivity index (χ0) is 14.3. The van der Waals surface area contributed by atoms with Crippen molar-refractivity contribution >= 4 is 16.9 Å². The third-order valence-electron chi connectivity index (χ3n) is 4.13. The lowest BCUT2D eigenvalue weighted by molar-refractivity contribution is -0.137. The average molecular weight is 272 g/mol. The van der Waals surface area contributed by atoms with Crippen molar-refractivity contribution in [3.05, 3.63) is 35.0 Å². The number of nitrogens with zero attached hydrogens (tertiary/aromatic N) is 2. The number of carbonyl (C=O) groups is 1. The van der Waals surface area contributed by atoms with Gasteiger partial charge in [0.15, 0.2) is 0 Å². The van der Waals surface area contributed by atoms with E-state index in [-0.39, 0.29) is 6.42 Å². The van der Waals surface area contributed by atoms with Gasteiger partial charge in [-0.15, -0.1) is 0 Å². The molecule has 0 aliphatic carbocycles. The van der Waals surface area contributed by atoms with E-state index in [9.17, 15) is 4.79 Å². The quantitative estimate of drug-likeness (QED) is 0.934. The van der Waals surface area contributed by atoms with Gasteiger partial charge in [-0.1, -0.05) is 6.07 Å². The van der Waals surface area contributed by atoms with Gasteiger partial charge in [-0.05, 0) is 37.1 Å². The Bertz CT molecular complexity index is 673. The van der Waals surface area contributed by atoms with Crippen LogP contribution in [0.4, 0.5) is 0 Å².